The van der Waals surface area contributed by atoms with Crippen molar-refractivity contribution in [2.75, 3.05) is 42.4 Å². The number of benzene rings is 1. The number of aliphatic imine (C=N–C) groups is 1. The molecule has 4 nitrogen and oxygen atoms in total. The van der Waals surface area contributed by atoms with E-state index in [-0.39, 0.29) is 5.91 Å². The number of thioether (sulfide) groups is 2. The molecule has 2 rings (SSSR count). The summed E-state index contributed by atoms with van der Waals surface area (Å²) in [5.41, 5.74) is 1.95. The van der Waals surface area contributed by atoms with Gasteiger partial charge < -0.3 is 10.2 Å². The Morgan fingerprint density at radius 1 is 1.42 bits per heavy atom. The molecule has 0 saturated carbocycles. The smallest absolute Gasteiger partial charge is 0.234 e. The Morgan fingerprint density at radius 2 is 2.16 bits per heavy atom. The standard InChI is InChI=1S/C13H17N3OS2/c1-16(2)11-5-3-10(4-6-11)15-12(17)9-19-13-14-7-8-18-13/h3-6H,7-9H2,1-2H3,(H,15,17). The second kappa shape index (κ2) is 6.86. The van der Waals surface area contributed by atoms with Crippen molar-refractivity contribution >= 4 is 45.2 Å². The van der Waals surface area contributed by atoms with Crippen LogP contribution >= 0.6 is 23.5 Å². The summed E-state index contributed by atoms with van der Waals surface area (Å²) in [7, 11) is 3.98. The van der Waals surface area contributed by atoms with Crippen molar-refractivity contribution < 1.29 is 4.79 Å². The summed E-state index contributed by atoms with van der Waals surface area (Å²) >= 11 is 3.24. The lowest BCUT2D eigenvalue weighted by Crippen LogP contribution is -2.15. The van der Waals surface area contributed by atoms with Crippen molar-refractivity contribution in [3.05, 3.63) is 24.3 Å². The summed E-state index contributed by atoms with van der Waals surface area (Å²) in [5.74, 6) is 1.47. The van der Waals surface area contributed by atoms with Crippen molar-refractivity contribution in [2.45, 2.75) is 0 Å². The summed E-state index contributed by atoms with van der Waals surface area (Å²) in [6.45, 7) is 0.876. The van der Waals surface area contributed by atoms with E-state index in [9.17, 15) is 4.79 Å². The van der Waals surface area contributed by atoms with Crippen LogP contribution in [0.5, 0.6) is 0 Å². The molecular formula is C13H17N3OS2. The van der Waals surface area contributed by atoms with Gasteiger partial charge in [-0.05, 0) is 24.3 Å². The summed E-state index contributed by atoms with van der Waals surface area (Å²) in [4.78, 5) is 18.1. The Balaban J connectivity index is 1.81. The quantitative estimate of drug-likeness (QED) is 0.927. The van der Waals surface area contributed by atoms with Crippen molar-refractivity contribution in [2.24, 2.45) is 4.99 Å². The van der Waals surface area contributed by atoms with Crippen LogP contribution < -0.4 is 10.2 Å². The highest BCUT2D eigenvalue weighted by Crippen LogP contribution is 2.22. The topological polar surface area (TPSA) is 44.7 Å². The Hall–Kier alpha value is -1.14. The number of nitrogens with one attached hydrogen (secondary N) is 1. The fraction of sp³-hybridized carbons (Fsp3) is 0.385. The third kappa shape index (κ3) is 4.47. The van der Waals surface area contributed by atoms with Crippen LogP contribution in [0.15, 0.2) is 29.3 Å². The first-order valence-electron chi connectivity index (χ1n) is 6.02. The second-order valence-electron chi connectivity index (χ2n) is 4.27. The summed E-state index contributed by atoms with van der Waals surface area (Å²) in [6, 6.07) is 7.80. The molecule has 1 aliphatic heterocycles. The molecule has 0 bridgehead atoms. The molecule has 1 heterocycles. The van der Waals surface area contributed by atoms with Crippen LogP contribution in [0.25, 0.3) is 0 Å². The Bertz CT molecular complexity index is 471. The van der Waals surface area contributed by atoms with Gasteiger partial charge in [0.05, 0.1) is 12.3 Å². The monoisotopic (exact) mass is 295 g/mol. The highest BCUT2D eigenvalue weighted by atomic mass is 32.2. The van der Waals surface area contributed by atoms with Gasteiger partial charge in [0.1, 0.15) is 4.38 Å². The van der Waals surface area contributed by atoms with E-state index in [0.29, 0.717) is 5.75 Å². The van der Waals surface area contributed by atoms with Gasteiger partial charge in [0.2, 0.25) is 5.91 Å². The fourth-order valence-corrected chi connectivity index (χ4v) is 3.38. The Kier molecular flexibility index (Phi) is 5.15. The highest BCUT2D eigenvalue weighted by molar-refractivity contribution is 8.39. The number of rotatable bonds is 4. The number of carbonyl (C=O) groups excluding carboxylic acids is 1. The third-order valence-electron chi connectivity index (χ3n) is 2.55. The van der Waals surface area contributed by atoms with E-state index < -0.39 is 0 Å². The van der Waals surface area contributed by atoms with Crippen molar-refractivity contribution in [1.82, 2.24) is 0 Å². The van der Waals surface area contributed by atoms with Gasteiger partial charge in [0, 0.05) is 31.2 Å². The molecule has 1 N–H and O–H groups in total. The van der Waals surface area contributed by atoms with Gasteiger partial charge in [0.25, 0.3) is 0 Å². The lowest BCUT2D eigenvalue weighted by Gasteiger charge is -2.13. The van der Waals surface area contributed by atoms with Crippen molar-refractivity contribution in [1.29, 1.82) is 0 Å². The Morgan fingerprint density at radius 3 is 2.74 bits per heavy atom. The van der Waals surface area contributed by atoms with Crippen LogP contribution in [0.1, 0.15) is 0 Å². The molecule has 0 spiro atoms. The van der Waals surface area contributed by atoms with Gasteiger partial charge in [-0.1, -0.05) is 23.5 Å². The molecule has 102 valence electrons. The molecular weight excluding hydrogens is 278 g/mol. The maximum absolute atomic E-state index is 11.8. The zero-order valence-corrected chi connectivity index (χ0v) is 12.7. The second-order valence-corrected chi connectivity index (χ2v) is 6.58. The molecule has 1 aromatic rings. The number of amides is 1. The van der Waals surface area contributed by atoms with Crippen LogP contribution in [0.3, 0.4) is 0 Å². The summed E-state index contributed by atoms with van der Waals surface area (Å²) in [6.07, 6.45) is 0. The van der Waals surface area contributed by atoms with Crippen molar-refractivity contribution in [3.63, 3.8) is 0 Å². The molecule has 1 amide bonds. The molecule has 0 aliphatic carbocycles. The summed E-state index contributed by atoms with van der Waals surface area (Å²) in [5, 5.41) is 2.89. The number of hydrogen-bond donors (Lipinski definition) is 1. The predicted molar refractivity (Wildman–Crippen MR) is 86.6 cm³/mol. The zero-order chi connectivity index (χ0) is 13.7. The predicted octanol–water partition coefficient (Wildman–Crippen LogP) is 2.53. The summed E-state index contributed by atoms with van der Waals surface area (Å²) < 4.78 is 1.03. The van der Waals surface area contributed by atoms with Crippen molar-refractivity contribution in [3.8, 4) is 0 Å². The van der Waals surface area contributed by atoms with E-state index in [0.717, 1.165) is 28.0 Å². The first-order valence-corrected chi connectivity index (χ1v) is 7.99. The lowest BCUT2D eigenvalue weighted by atomic mass is 10.2. The molecule has 0 aromatic heterocycles. The molecule has 0 unspecified atom stereocenters. The van der Waals surface area contributed by atoms with E-state index in [1.807, 2.05) is 43.3 Å². The van der Waals surface area contributed by atoms with E-state index in [4.69, 9.17) is 0 Å². The average Bonchev–Trinajstić information content (AvgIpc) is 2.90. The SMILES string of the molecule is CN(C)c1ccc(NC(=O)CSC2=NCCS2)cc1. The first-order chi connectivity index (χ1) is 9.15. The number of hydrogen-bond acceptors (Lipinski definition) is 5. The average molecular weight is 295 g/mol. The molecule has 0 radical (unpaired) electrons. The van der Waals surface area contributed by atoms with Gasteiger partial charge in [-0.25, -0.2) is 0 Å². The van der Waals surface area contributed by atoms with E-state index >= 15 is 0 Å². The largest absolute Gasteiger partial charge is 0.378 e. The van der Waals surface area contributed by atoms with Crippen LogP contribution in [0.4, 0.5) is 11.4 Å². The number of nitrogens with zero attached hydrogens (tertiary/aromatic N) is 2. The molecule has 0 saturated heterocycles. The maximum Gasteiger partial charge on any atom is 0.234 e. The zero-order valence-electron chi connectivity index (χ0n) is 11.0. The minimum atomic E-state index is 0.0119. The van der Waals surface area contributed by atoms with Crippen LogP contribution in [0, 0.1) is 0 Å². The highest BCUT2D eigenvalue weighted by Gasteiger charge is 2.10. The molecule has 1 aliphatic rings. The van der Waals surface area contributed by atoms with Crippen LogP contribution in [-0.2, 0) is 4.79 Å². The first kappa shape index (κ1) is 14.3. The Labute approximate surface area is 122 Å². The van der Waals surface area contributed by atoms with Gasteiger partial charge in [-0.2, -0.15) is 0 Å². The van der Waals surface area contributed by atoms with Gasteiger partial charge >= 0.3 is 0 Å². The normalized spacial score (nSPS) is 14.1. The molecule has 1 aromatic carbocycles. The van der Waals surface area contributed by atoms with Crippen LogP contribution in [-0.4, -0.2) is 42.4 Å². The number of carbonyl (C=O) groups is 1. The minimum absolute atomic E-state index is 0.0119. The van der Waals surface area contributed by atoms with E-state index in [1.54, 1.807) is 11.8 Å². The molecule has 6 heteroatoms. The number of anilines is 2. The van der Waals surface area contributed by atoms with Crippen LogP contribution in [0.2, 0.25) is 0 Å². The van der Waals surface area contributed by atoms with Gasteiger partial charge in [0.15, 0.2) is 0 Å². The van der Waals surface area contributed by atoms with E-state index in [1.165, 1.54) is 11.8 Å². The molecule has 0 atom stereocenters. The maximum atomic E-state index is 11.8. The van der Waals surface area contributed by atoms with Gasteiger partial charge in [-0.15, -0.1) is 0 Å². The molecule has 19 heavy (non-hydrogen) atoms. The molecule has 0 fully saturated rings. The lowest BCUT2D eigenvalue weighted by molar-refractivity contribution is -0.113. The fourth-order valence-electron chi connectivity index (χ4n) is 1.57. The minimum Gasteiger partial charge on any atom is -0.378 e. The van der Waals surface area contributed by atoms with Gasteiger partial charge in [-0.3, -0.25) is 9.79 Å². The third-order valence-corrected chi connectivity index (χ3v) is 4.80. The van der Waals surface area contributed by atoms with E-state index in [2.05, 4.69) is 10.3 Å².